The molecule has 0 bridgehead atoms. The van der Waals surface area contributed by atoms with E-state index in [0.29, 0.717) is 5.56 Å². The van der Waals surface area contributed by atoms with E-state index in [1.54, 1.807) is 18.2 Å². The summed E-state index contributed by atoms with van der Waals surface area (Å²) in [6.07, 6.45) is -0.865. The number of rotatable bonds is 3. The number of aliphatic hydroxyl groups excluding tert-OH is 1. The van der Waals surface area contributed by atoms with Crippen molar-refractivity contribution in [3.8, 4) is 5.75 Å². The molecule has 0 heterocycles. The zero-order valence-corrected chi connectivity index (χ0v) is 7.40. The summed E-state index contributed by atoms with van der Waals surface area (Å²) < 4.78 is 0. The maximum absolute atomic E-state index is 10.7. The van der Waals surface area contributed by atoms with Gasteiger partial charge in [-0.25, -0.2) is 0 Å². The first-order chi connectivity index (χ1) is 6.11. The third-order valence-corrected chi connectivity index (χ3v) is 1.78. The van der Waals surface area contributed by atoms with Crippen LogP contribution in [-0.4, -0.2) is 16.0 Å². The summed E-state index contributed by atoms with van der Waals surface area (Å²) in [6, 6.07) is 6.46. The lowest BCUT2D eigenvalue weighted by atomic mass is 10.0. The van der Waals surface area contributed by atoms with Crippen LogP contribution in [0.4, 0.5) is 0 Å². The Morgan fingerprint density at radius 3 is 2.62 bits per heavy atom. The van der Waals surface area contributed by atoms with Crippen LogP contribution in [0.3, 0.4) is 0 Å². The van der Waals surface area contributed by atoms with Gasteiger partial charge in [-0.15, -0.1) is 0 Å². The van der Waals surface area contributed by atoms with Crippen LogP contribution in [-0.2, 0) is 4.79 Å². The van der Waals surface area contributed by atoms with Gasteiger partial charge < -0.3 is 10.2 Å². The molecule has 0 spiro atoms. The summed E-state index contributed by atoms with van der Waals surface area (Å²) in [5, 5.41) is 18.8. The Balaban J connectivity index is 2.82. The molecule has 0 aliphatic carbocycles. The van der Waals surface area contributed by atoms with Crippen LogP contribution in [0.5, 0.6) is 5.75 Å². The summed E-state index contributed by atoms with van der Waals surface area (Å²) in [5.41, 5.74) is 0.401. The van der Waals surface area contributed by atoms with Gasteiger partial charge in [-0.2, -0.15) is 0 Å². The lowest BCUT2D eigenvalue weighted by molar-refractivity contribution is -0.118. The van der Waals surface area contributed by atoms with E-state index in [1.807, 2.05) is 0 Å². The fraction of sp³-hybridized carbons (Fsp3) is 0.300. The quantitative estimate of drug-likeness (QED) is 0.739. The van der Waals surface area contributed by atoms with Gasteiger partial charge in [0.2, 0.25) is 0 Å². The fourth-order valence-corrected chi connectivity index (χ4v) is 1.15. The van der Waals surface area contributed by atoms with Crippen LogP contribution < -0.4 is 0 Å². The molecule has 0 fully saturated rings. The standard InChI is InChI=1S/C10H12O3/c1-7(11)6-10(13)8-4-2-3-5-9(8)12/h2-5,10,12-13H,6H2,1H3. The molecule has 70 valence electrons. The largest absolute Gasteiger partial charge is 0.508 e. The second-order valence-corrected chi connectivity index (χ2v) is 2.98. The SMILES string of the molecule is CC(=O)CC(O)c1ccccc1O. The van der Waals surface area contributed by atoms with Crippen LogP contribution >= 0.6 is 0 Å². The number of hydrogen-bond donors (Lipinski definition) is 2. The highest BCUT2D eigenvalue weighted by atomic mass is 16.3. The molecule has 0 aliphatic heterocycles. The summed E-state index contributed by atoms with van der Waals surface area (Å²) in [5.74, 6) is -0.0768. The summed E-state index contributed by atoms with van der Waals surface area (Å²) >= 11 is 0. The van der Waals surface area contributed by atoms with Crippen molar-refractivity contribution in [2.24, 2.45) is 0 Å². The second kappa shape index (κ2) is 4.05. The molecule has 0 aromatic heterocycles. The molecule has 13 heavy (non-hydrogen) atoms. The van der Waals surface area contributed by atoms with E-state index in [2.05, 4.69) is 0 Å². The minimum atomic E-state index is -0.904. The van der Waals surface area contributed by atoms with Gasteiger partial charge in [-0.05, 0) is 13.0 Å². The zero-order valence-electron chi connectivity index (χ0n) is 7.40. The number of carbonyl (C=O) groups excluding carboxylic acids is 1. The van der Waals surface area contributed by atoms with Gasteiger partial charge in [-0.1, -0.05) is 18.2 Å². The highest BCUT2D eigenvalue weighted by Crippen LogP contribution is 2.25. The first-order valence-electron chi connectivity index (χ1n) is 4.06. The number of phenols is 1. The molecular weight excluding hydrogens is 168 g/mol. The van der Waals surface area contributed by atoms with Crippen molar-refractivity contribution in [3.63, 3.8) is 0 Å². The van der Waals surface area contributed by atoms with Crippen molar-refractivity contribution >= 4 is 5.78 Å². The number of aliphatic hydroxyl groups is 1. The number of Topliss-reactive ketones (excluding diaryl/α,β-unsaturated/α-hetero) is 1. The number of carbonyl (C=O) groups is 1. The maximum atomic E-state index is 10.7. The lowest BCUT2D eigenvalue weighted by Crippen LogP contribution is -2.03. The Morgan fingerprint density at radius 1 is 1.46 bits per heavy atom. The molecule has 0 saturated carbocycles. The molecule has 2 N–H and O–H groups in total. The van der Waals surface area contributed by atoms with E-state index in [4.69, 9.17) is 0 Å². The maximum Gasteiger partial charge on any atom is 0.132 e. The van der Waals surface area contributed by atoms with Crippen LogP contribution in [0.1, 0.15) is 25.0 Å². The third kappa shape index (κ3) is 2.56. The summed E-state index contributed by atoms with van der Waals surface area (Å²) in [4.78, 5) is 10.7. The Labute approximate surface area is 76.6 Å². The fourth-order valence-electron chi connectivity index (χ4n) is 1.15. The van der Waals surface area contributed by atoms with Gasteiger partial charge in [0.15, 0.2) is 0 Å². The number of aromatic hydroxyl groups is 1. The first-order valence-corrected chi connectivity index (χ1v) is 4.06. The van der Waals surface area contributed by atoms with Crippen molar-refractivity contribution in [2.45, 2.75) is 19.4 Å². The van der Waals surface area contributed by atoms with E-state index in [-0.39, 0.29) is 18.0 Å². The molecule has 1 rings (SSSR count). The van der Waals surface area contributed by atoms with Crippen molar-refractivity contribution in [2.75, 3.05) is 0 Å². The minimum absolute atomic E-state index is 0.0243. The molecule has 0 radical (unpaired) electrons. The summed E-state index contributed by atoms with van der Waals surface area (Å²) in [7, 11) is 0. The third-order valence-electron chi connectivity index (χ3n) is 1.78. The predicted octanol–water partition coefficient (Wildman–Crippen LogP) is 1.40. The molecule has 1 unspecified atom stereocenters. The number of hydrogen-bond acceptors (Lipinski definition) is 3. The smallest absolute Gasteiger partial charge is 0.132 e. The topological polar surface area (TPSA) is 57.5 Å². The molecule has 3 heteroatoms. The Morgan fingerprint density at radius 2 is 2.08 bits per heavy atom. The van der Waals surface area contributed by atoms with Crippen LogP contribution in [0, 0.1) is 0 Å². The highest BCUT2D eigenvalue weighted by Gasteiger charge is 2.12. The number of ketones is 1. The van der Waals surface area contributed by atoms with Crippen molar-refractivity contribution in [1.82, 2.24) is 0 Å². The molecule has 0 saturated heterocycles. The van der Waals surface area contributed by atoms with Gasteiger partial charge in [0.1, 0.15) is 11.5 Å². The number of benzene rings is 1. The first kappa shape index (κ1) is 9.74. The second-order valence-electron chi connectivity index (χ2n) is 2.98. The van der Waals surface area contributed by atoms with E-state index in [9.17, 15) is 15.0 Å². The van der Waals surface area contributed by atoms with E-state index in [0.717, 1.165) is 0 Å². The molecule has 0 aliphatic rings. The zero-order chi connectivity index (χ0) is 9.84. The van der Waals surface area contributed by atoms with Gasteiger partial charge in [0.05, 0.1) is 6.10 Å². The van der Waals surface area contributed by atoms with Crippen molar-refractivity contribution in [1.29, 1.82) is 0 Å². The van der Waals surface area contributed by atoms with Crippen molar-refractivity contribution < 1.29 is 15.0 Å². The van der Waals surface area contributed by atoms with Gasteiger partial charge in [0, 0.05) is 12.0 Å². The molecular formula is C10H12O3. The van der Waals surface area contributed by atoms with Gasteiger partial charge >= 0.3 is 0 Å². The average molecular weight is 180 g/mol. The van der Waals surface area contributed by atoms with E-state index < -0.39 is 6.10 Å². The minimum Gasteiger partial charge on any atom is -0.508 e. The molecule has 1 aromatic rings. The lowest BCUT2D eigenvalue weighted by Gasteiger charge is -2.09. The van der Waals surface area contributed by atoms with Crippen LogP contribution in [0.15, 0.2) is 24.3 Å². The number of para-hydroxylation sites is 1. The highest BCUT2D eigenvalue weighted by molar-refractivity contribution is 5.76. The molecule has 1 aromatic carbocycles. The van der Waals surface area contributed by atoms with E-state index >= 15 is 0 Å². The van der Waals surface area contributed by atoms with Crippen LogP contribution in [0.2, 0.25) is 0 Å². The molecule has 0 amide bonds. The predicted molar refractivity (Wildman–Crippen MR) is 48.4 cm³/mol. The average Bonchev–Trinajstić information content (AvgIpc) is 2.03. The summed E-state index contributed by atoms with van der Waals surface area (Å²) in [6.45, 7) is 1.41. The normalized spacial score (nSPS) is 12.5. The van der Waals surface area contributed by atoms with E-state index in [1.165, 1.54) is 13.0 Å². The van der Waals surface area contributed by atoms with Crippen LogP contribution in [0.25, 0.3) is 0 Å². The monoisotopic (exact) mass is 180 g/mol. The number of phenolic OH excluding ortho intramolecular Hbond substituents is 1. The molecule has 3 nitrogen and oxygen atoms in total. The van der Waals surface area contributed by atoms with Crippen molar-refractivity contribution in [3.05, 3.63) is 29.8 Å². The van der Waals surface area contributed by atoms with Gasteiger partial charge in [-0.3, -0.25) is 4.79 Å². The Hall–Kier alpha value is -1.35. The van der Waals surface area contributed by atoms with Gasteiger partial charge in [0.25, 0.3) is 0 Å². The Kier molecular flexibility index (Phi) is 3.03. The molecule has 1 atom stereocenters. The Bertz CT molecular complexity index is 307.